The van der Waals surface area contributed by atoms with Crippen molar-refractivity contribution in [2.45, 2.75) is 18.7 Å². The van der Waals surface area contributed by atoms with Gasteiger partial charge in [-0.05, 0) is 36.2 Å². The number of hydrogen-bond acceptors (Lipinski definition) is 3. The first-order chi connectivity index (χ1) is 11.7. The van der Waals surface area contributed by atoms with E-state index in [2.05, 4.69) is 5.32 Å². The van der Waals surface area contributed by atoms with Crippen molar-refractivity contribution in [3.8, 4) is 0 Å². The Labute approximate surface area is 153 Å². The van der Waals surface area contributed by atoms with E-state index in [-0.39, 0.29) is 21.4 Å². The van der Waals surface area contributed by atoms with Crippen molar-refractivity contribution in [3.63, 3.8) is 0 Å². The Morgan fingerprint density at radius 3 is 2.40 bits per heavy atom. The molecule has 0 bridgehead atoms. The largest absolute Gasteiger partial charge is 0.352 e. The number of nitrogens with one attached hydrogen (secondary N) is 1. The Kier molecular flexibility index (Phi) is 6.08. The molecule has 1 amide bonds. The minimum atomic E-state index is -3.71. The summed E-state index contributed by atoms with van der Waals surface area (Å²) >= 11 is 6.11. The molecule has 5 nitrogen and oxygen atoms in total. The first kappa shape index (κ1) is 19.3. The van der Waals surface area contributed by atoms with Gasteiger partial charge in [-0.2, -0.15) is 0 Å². The van der Waals surface area contributed by atoms with Crippen molar-refractivity contribution in [2.24, 2.45) is 5.92 Å². The third-order valence-corrected chi connectivity index (χ3v) is 5.76. The van der Waals surface area contributed by atoms with E-state index >= 15 is 0 Å². The molecule has 1 N–H and O–H groups in total. The fourth-order valence-electron chi connectivity index (χ4n) is 2.16. The molecule has 134 valence electrons. The molecule has 0 aliphatic heterocycles. The average molecular weight is 381 g/mol. The molecule has 0 heterocycles. The van der Waals surface area contributed by atoms with Crippen LogP contribution < -0.4 is 9.62 Å². The summed E-state index contributed by atoms with van der Waals surface area (Å²) < 4.78 is 26.5. The maximum absolute atomic E-state index is 12.7. The molecular formula is C18H21ClN2O3S. The van der Waals surface area contributed by atoms with E-state index in [1.54, 1.807) is 24.3 Å². The van der Waals surface area contributed by atoms with Crippen molar-refractivity contribution in [2.75, 3.05) is 17.9 Å². The number of hydrogen-bond donors (Lipinski definition) is 1. The van der Waals surface area contributed by atoms with Gasteiger partial charge < -0.3 is 5.32 Å². The third kappa shape index (κ3) is 4.52. The van der Waals surface area contributed by atoms with Gasteiger partial charge in [-0.15, -0.1) is 0 Å². The summed E-state index contributed by atoms with van der Waals surface area (Å²) in [6.07, 6.45) is 0. The van der Waals surface area contributed by atoms with Gasteiger partial charge in [0.05, 0.1) is 21.2 Å². The molecule has 2 rings (SSSR count). The number of sulfonamides is 1. The van der Waals surface area contributed by atoms with Crippen LogP contribution in [0.1, 0.15) is 24.2 Å². The van der Waals surface area contributed by atoms with Gasteiger partial charge in [0.2, 0.25) is 0 Å². The number of amides is 1. The van der Waals surface area contributed by atoms with Gasteiger partial charge in [0.15, 0.2) is 0 Å². The van der Waals surface area contributed by atoms with E-state index in [9.17, 15) is 13.2 Å². The number of anilines is 1. The monoisotopic (exact) mass is 380 g/mol. The van der Waals surface area contributed by atoms with Crippen molar-refractivity contribution < 1.29 is 13.2 Å². The minimum absolute atomic E-state index is 0.179. The fourth-order valence-corrected chi connectivity index (χ4v) is 3.58. The summed E-state index contributed by atoms with van der Waals surface area (Å²) in [5.74, 6) is -0.0295. The first-order valence-electron chi connectivity index (χ1n) is 7.85. The average Bonchev–Trinajstić information content (AvgIpc) is 2.60. The summed E-state index contributed by atoms with van der Waals surface area (Å²) in [4.78, 5) is 12.5. The highest BCUT2D eigenvalue weighted by atomic mass is 35.5. The molecule has 0 atom stereocenters. The summed E-state index contributed by atoms with van der Waals surface area (Å²) in [7, 11) is -2.27. The van der Waals surface area contributed by atoms with Crippen LogP contribution in [-0.2, 0) is 10.0 Å². The number of rotatable bonds is 6. The van der Waals surface area contributed by atoms with Crippen molar-refractivity contribution >= 4 is 33.2 Å². The minimum Gasteiger partial charge on any atom is -0.352 e. The maximum Gasteiger partial charge on any atom is 0.264 e. The summed E-state index contributed by atoms with van der Waals surface area (Å²) in [5.41, 5.74) is 0.609. The van der Waals surface area contributed by atoms with Crippen molar-refractivity contribution in [1.29, 1.82) is 0 Å². The third-order valence-electron chi connectivity index (χ3n) is 3.63. The van der Waals surface area contributed by atoms with E-state index in [1.807, 2.05) is 13.8 Å². The Morgan fingerprint density at radius 2 is 1.80 bits per heavy atom. The van der Waals surface area contributed by atoms with E-state index in [0.29, 0.717) is 18.2 Å². The highest BCUT2D eigenvalue weighted by Gasteiger charge is 2.22. The number of halogens is 1. The van der Waals surface area contributed by atoms with E-state index < -0.39 is 10.0 Å². The summed E-state index contributed by atoms with van der Waals surface area (Å²) in [6, 6.07) is 12.7. The standard InChI is InChI=1S/C18H21ClN2O3S/c1-13(2)12-20-18(22)16-11-14(9-10-17(16)19)21(3)25(23,24)15-7-5-4-6-8-15/h4-11,13H,12H2,1-3H3,(H,20,22). The van der Waals surface area contributed by atoms with Crippen LogP contribution in [0.25, 0.3) is 0 Å². The van der Waals surface area contributed by atoms with Crippen LogP contribution in [0.2, 0.25) is 5.02 Å². The second kappa shape index (κ2) is 7.89. The Hall–Kier alpha value is -2.05. The van der Waals surface area contributed by atoms with Gasteiger partial charge in [0.25, 0.3) is 15.9 Å². The molecular weight excluding hydrogens is 360 g/mol. The molecule has 0 aliphatic rings. The van der Waals surface area contributed by atoms with Crippen LogP contribution in [0.15, 0.2) is 53.4 Å². The fraction of sp³-hybridized carbons (Fsp3) is 0.278. The number of nitrogens with zero attached hydrogens (tertiary/aromatic N) is 1. The maximum atomic E-state index is 12.7. The summed E-state index contributed by atoms with van der Waals surface area (Å²) in [5, 5.41) is 3.06. The highest BCUT2D eigenvalue weighted by Crippen LogP contribution is 2.26. The van der Waals surface area contributed by atoms with E-state index in [0.717, 1.165) is 4.31 Å². The summed E-state index contributed by atoms with van der Waals surface area (Å²) in [6.45, 7) is 4.48. The van der Waals surface area contributed by atoms with Gasteiger partial charge in [0.1, 0.15) is 0 Å². The van der Waals surface area contributed by atoms with Crippen LogP contribution in [0.4, 0.5) is 5.69 Å². The van der Waals surface area contributed by atoms with Crippen molar-refractivity contribution in [3.05, 3.63) is 59.1 Å². The lowest BCUT2D eigenvalue weighted by Gasteiger charge is -2.20. The zero-order valence-corrected chi connectivity index (χ0v) is 15.9. The molecule has 25 heavy (non-hydrogen) atoms. The van der Waals surface area contributed by atoms with E-state index in [4.69, 9.17) is 11.6 Å². The van der Waals surface area contributed by atoms with E-state index in [1.165, 1.54) is 31.3 Å². The van der Waals surface area contributed by atoms with Crippen LogP contribution in [0.3, 0.4) is 0 Å². The molecule has 0 saturated heterocycles. The highest BCUT2D eigenvalue weighted by molar-refractivity contribution is 7.92. The van der Waals surface area contributed by atoms with Crippen molar-refractivity contribution in [1.82, 2.24) is 5.32 Å². The lowest BCUT2D eigenvalue weighted by Crippen LogP contribution is -2.29. The molecule has 0 unspecified atom stereocenters. The second-order valence-corrected chi connectivity index (χ2v) is 8.43. The van der Waals surface area contributed by atoms with Crippen LogP contribution in [0.5, 0.6) is 0 Å². The SMILES string of the molecule is CC(C)CNC(=O)c1cc(N(C)S(=O)(=O)c2ccccc2)ccc1Cl. The molecule has 0 aliphatic carbocycles. The quantitative estimate of drug-likeness (QED) is 0.833. The number of benzene rings is 2. The number of carbonyl (C=O) groups excluding carboxylic acids is 1. The lowest BCUT2D eigenvalue weighted by atomic mass is 10.1. The molecule has 2 aromatic rings. The van der Waals surface area contributed by atoms with Crippen LogP contribution >= 0.6 is 11.6 Å². The molecule has 0 fully saturated rings. The second-order valence-electron chi connectivity index (χ2n) is 6.05. The molecule has 2 aromatic carbocycles. The molecule has 0 radical (unpaired) electrons. The first-order valence-corrected chi connectivity index (χ1v) is 9.67. The van der Waals surface area contributed by atoms with Gasteiger partial charge in [-0.1, -0.05) is 43.6 Å². The van der Waals surface area contributed by atoms with Gasteiger partial charge in [-0.25, -0.2) is 8.42 Å². The Bertz CT molecular complexity index is 852. The predicted octanol–water partition coefficient (Wildman–Crippen LogP) is 3.55. The zero-order chi connectivity index (χ0) is 18.6. The smallest absolute Gasteiger partial charge is 0.264 e. The van der Waals surface area contributed by atoms with Crippen LogP contribution in [0, 0.1) is 5.92 Å². The van der Waals surface area contributed by atoms with Gasteiger partial charge >= 0.3 is 0 Å². The predicted molar refractivity (Wildman–Crippen MR) is 101 cm³/mol. The molecule has 0 aromatic heterocycles. The zero-order valence-electron chi connectivity index (χ0n) is 14.4. The molecule has 0 saturated carbocycles. The Balaban J connectivity index is 2.34. The van der Waals surface area contributed by atoms with Gasteiger partial charge in [0, 0.05) is 13.6 Å². The lowest BCUT2D eigenvalue weighted by molar-refractivity contribution is 0.0949. The van der Waals surface area contributed by atoms with Crippen LogP contribution in [-0.4, -0.2) is 27.9 Å². The topological polar surface area (TPSA) is 66.5 Å². The Morgan fingerprint density at radius 1 is 1.16 bits per heavy atom. The normalized spacial score (nSPS) is 11.4. The van der Waals surface area contributed by atoms with Gasteiger partial charge in [-0.3, -0.25) is 9.10 Å². The molecule has 0 spiro atoms. The number of carbonyl (C=O) groups is 1. The molecule has 7 heteroatoms.